The van der Waals surface area contributed by atoms with Crippen LogP contribution in [0.2, 0.25) is 0 Å². The van der Waals surface area contributed by atoms with Gasteiger partial charge in [0.1, 0.15) is 5.82 Å². The molecule has 6 heteroatoms. The molecule has 1 unspecified atom stereocenters. The van der Waals surface area contributed by atoms with Crippen molar-refractivity contribution in [1.82, 2.24) is 15.1 Å². The Labute approximate surface area is 156 Å². The van der Waals surface area contributed by atoms with Gasteiger partial charge in [0, 0.05) is 43.8 Å². The van der Waals surface area contributed by atoms with Crippen LogP contribution in [0.15, 0.2) is 23.2 Å². The summed E-state index contributed by atoms with van der Waals surface area (Å²) >= 11 is 0. The van der Waals surface area contributed by atoms with E-state index < -0.39 is 0 Å². The third-order valence-corrected chi connectivity index (χ3v) is 5.27. The van der Waals surface area contributed by atoms with E-state index in [1.54, 1.807) is 6.07 Å². The summed E-state index contributed by atoms with van der Waals surface area (Å²) in [5.74, 6) is 0.802. The molecule has 2 heterocycles. The number of rotatable bonds is 5. The molecule has 0 amide bonds. The summed E-state index contributed by atoms with van der Waals surface area (Å²) in [5, 5.41) is 3.41. The quantitative estimate of drug-likeness (QED) is 0.645. The normalized spacial score (nSPS) is 23.4. The van der Waals surface area contributed by atoms with Crippen LogP contribution in [-0.2, 0) is 17.8 Å². The molecule has 5 nitrogen and oxygen atoms in total. The van der Waals surface area contributed by atoms with E-state index in [9.17, 15) is 4.39 Å². The number of hydrogen-bond donors (Lipinski definition) is 1. The molecule has 26 heavy (non-hydrogen) atoms. The van der Waals surface area contributed by atoms with Crippen LogP contribution < -0.4 is 5.32 Å². The molecule has 2 fully saturated rings. The molecule has 2 aliphatic heterocycles. The van der Waals surface area contributed by atoms with Gasteiger partial charge in [0.05, 0.1) is 13.2 Å². The molecule has 1 N–H and O–H groups in total. The number of benzene rings is 1. The second kappa shape index (κ2) is 8.35. The maximum Gasteiger partial charge on any atom is 0.194 e. The largest absolute Gasteiger partial charge is 0.381 e. The highest BCUT2D eigenvalue weighted by atomic mass is 19.1. The van der Waals surface area contributed by atoms with Gasteiger partial charge in [0.2, 0.25) is 0 Å². The topological polar surface area (TPSA) is 40.1 Å². The average molecular weight is 362 g/mol. The van der Waals surface area contributed by atoms with Crippen LogP contribution in [0.4, 0.5) is 4.39 Å². The van der Waals surface area contributed by atoms with Crippen molar-refractivity contribution >= 4 is 5.96 Å². The van der Waals surface area contributed by atoms with Gasteiger partial charge in [0.15, 0.2) is 5.96 Å². The van der Waals surface area contributed by atoms with E-state index in [1.807, 2.05) is 31.1 Å². The van der Waals surface area contributed by atoms with Gasteiger partial charge in [-0.25, -0.2) is 9.38 Å². The first-order valence-corrected chi connectivity index (χ1v) is 9.54. The van der Waals surface area contributed by atoms with Crippen LogP contribution in [0.5, 0.6) is 0 Å². The fourth-order valence-corrected chi connectivity index (χ4v) is 3.87. The molecule has 144 valence electrons. The van der Waals surface area contributed by atoms with Crippen LogP contribution in [0, 0.1) is 11.2 Å². The Hall–Kier alpha value is -1.66. The second-order valence-electron chi connectivity index (χ2n) is 7.81. The highest BCUT2D eigenvalue weighted by Crippen LogP contribution is 2.38. The predicted octanol–water partition coefficient (Wildman–Crippen LogP) is 2.47. The van der Waals surface area contributed by atoms with Crippen LogP contribution >= 0.6 is 0 Å². The van der Waals surface area contributed by atoms with E-state index in [0.29, 0.717) is 18.5 Å². The third-order valence-electron chi connectivity index (χ3n) is 5.27. The number of halogens is 1. The van der Waals surface area contributed by atoms with Gasteiger partial charge in [-0.1, -0.05) is 6.07 Å². The van der Waals surface area contributed by atoms with Gasteiger partial charge >= 0.3 is 0 Å². The van der Waals surface area contributed by atoms with E-state index in [-0.39, 0.29) is 5.82 Å². The van der Waals surface area contributed by atoms with Crippen molar-refractivity contribution in [2.24, 2.45) is 10.4 Å². The molecule has 0 radical (unpaired) electrons. The maximum atomic E-state index is 14.0. The van der Waals surface area contributed by atoms with Crippen LogP contribution in [0.3, 0.4) is 0 Å². The van der Waals surface area contributed by atoms with Gasteiger partial charge in [-0.15, -0.1) is 0 Å². The lowest BCUT2D eigenvalue weighted by Crippen LogP contribution is -2.41. The van der Waals surface area contributed by atoms with Crippen molar-refractivity contribution < 1.29 is 9.13 Å². The summed E-state index contributed by atoms with van der Waals surface area (Å²) in [6.45, 7) is 7.86. The summed E-state index contributed by atoms with van der Waals surface area (Å²) in [6, 6.07) is 5.31. The summed E-state index contributed by atoms with van der Waals surface area (Å²) in [4.78, 5) is 9.15. The number of aliphatic imine (C=N–C) groups is 1. The fourth-order valence-electron chi connectivity index (χ4n) is 3.87. The molecule has 0 bridgehead atoms. The third kappa shape index (κ3) is 4.54. The van der Waals surface area contributed by atoms with E-state index in [2.05, 4.69) is 17.1 Å². The van der Waals surface area contributed by atoms with Crippen molar-refractivity contribution in [1.29, 1.82) is 0 Å². The molecule has 1 aromatic carbocycles. The summed E-state index contributed by atoms with van der Waals surface area (Å²) in [7, 11) is 3.90. The minimum Gasteiger partial charge on any atom is -0.381 e. The molecule has 0 aliphatic carbocycles. The van der Waals surface area contributed by atoms with Crippen LogP contribution in [-0.4, -0.2) is 62.7 Å². The molecule has 1 aromatic rings. The van der Waals surface area contributed by atoms with Crippen molar-refractivity contribution in [3.8, 4) is 0 Å². The average Bonchev–Trinajstić information content (AvgIpc) is 3.24. The lowest BCUT2D eigenvalue weighted by molar-refractivity contribution is 0.156. The highest BCUT2D eigenvalue weighted by molar-refractivity contribution is 5.80. The molecule has 1 atom stereocenters. The summed E-state index contributed by atoms with van der Waals surface area (Å²) < 4.78 is 19.6. The summed E-state index contributed by atoms with van der Waals surface area (Å²) in [6.07, 6.45) is 2.32. The molecule has 0 saturated carbocycles. The summed E-state index contributed by atoms with van der Waals surface area (Å²) in [5.41, 5.74) is 2.07. The van der Waals surface area contributed by atoms with E-state index in [1.165, 1.54) is 6.42 Å². The lowest BCUT2D eigenvalue weighted by Gasteiger charge is -2.25. The molecule has 3 rings (SSSR count). The zero-order valence-electron chi connectivity index (χ0n) is 16.2. The van der Waals surface area contributed by atoms with Crippen LogP contribution in [0.25, 0.3) is 0 Å². The first-order chi connectivity index (χ1) is 12.5. The minimum absolute atomic E-state index is 0.152. The first kappa shape index (κ1) is 19.1. The smallest absolute Gasteiger partial charge is 0.194 e. The van der Waals surface area contributed by atoms with E-state index in [0.717, 1.165) is 56.4 Å². The lowest BCUT2D eigenvalue weighted by atomic mass is 9.87. The van der Waals surface area contributed by atoms with Crippen molar-refractivity contribution in [3.05, 3.63) is 35.1 Å². The zero-order chi connectivity index (χ0) is 18.6. The van der Waals surface area contributed by atoms with E-state index in [4.69, 9.17) is 9.73 Å². The Morgan fingerprint density at radius 1 is 1.38 bits per heavy atom. The van der Waals surface area contributed by atoms with Crippen molar-refractivity contribution in [2.75, 3.05) is 46.9 Å². The first-order valence-electron chi connectivity index (χ1n) is 9.54. The Bertz CT molecular complexity index is 641. The molecule has 0 aromatic heterocycles. The number of hydrogen-bond acceptors (Lipinski definition) is 3. The number of ether oxygens (including phenoxy) is 1. The minimum atomic E-state index is -0.152. The molecule has 1 spiro atoms. The SMILES string of the molecule is CCNC(=NCc1ccc(F)c(CN(C)C)c1)N1CCC2(CCOC2)C1. The van der Waals surface area contributed by atoms with Gasteiger partial charge in [-0.2, -0.15) is 0 Å². The fraction of sp³-hybridized carbons (Fsp3) is 0.650. The number of guanidine groups is 1. The van der Waals surface area contributed by atoms with Gasteiger partial charge in [-0.3, -0.25) is 0 Å². The maximum absolute atomic E-state index is 14.0. The van der Waals surface area contributed by atoms with Crippen LogP contribution in [0.1, 0.15) is 30.9 Å². The molecular weight excluding hydrogens is 331 g/mol. The monoisotopic (exact) mass is 362 g/mol. The second-order valence-corrected chi connectivity index (χ2v) is 7.81. The number of likely N-dealkylation sites (tertiary alicyclic amines) is 1. The Morgan fingerprint density at radius 2 is 2.23 bits per heavy atom. The Kier molecular flexibility index (Phi) is 6.14. The van der Waals surface area contributed by atoms with E-state index >= 15 is 0 Å². The Balaban J connectivity index is 1.70. The number of nitrogens with one attached hydrogen (secondary N) is 1. The van der Waals surface area contributed by atoms with Gasteiger partial charge in [0.25, 0.3) is 0 Å². The highest BCUT2D eigenvalue weighted by Gasteiger charge is 2.42. The standard InChI is InChI=1S/C20H31FN4O/c1-4-22-19(25-9-7-20(14-25)8-10-26-15-20)23-12-16-5-6-18(21)17(11-16)13-24(2)3/h5-6,11H,4,7-10,12-15H2,1-3H3,(H,22,23). The number of nitrogens with zero attached hydrogens (tertiary/aromatic N) is 3. The van der Waals surface area contributed by atoms with Crippen molar-refractivity contribution in [3.63, 3.8) is 0 Å². The van der Waals surface area contributed by atoms with Crippen molar-refractivity contribution in [2.45, 2.75) is 32.9 Å². The Morgan fingerprint density at radius 3 is 2.92 bits per heavy atom. The molecular formula is C20H31FN4O. The molecule has 2 aliphatic rings. The van der Waals surface area contributed by atoms with Gasteiger partial charge < -0.3 is 19.9 Å². The van der Waals surface area contributed by atoms with Gasteiger partial charge in [-0.05, 0) is 51.6 Å². The molecule has 2 saturated heterocycles. The zero-order valence-corrected chi connectivity index (χ0v) is 16.2. The predicted molar refractivity (Wildman–Crippen MR) is 103 cm³/mol.